The van der Waals surface area contributed by atoms with Gasteiger partial charge in [0, 0.05) is 55.4 Å². The number of likely N-dealkylation sites (tertiary alicyclic amines) is 1. The molecule has 1 aliphatic heterocycles. The van der Waals surface area contributed by atoms with Gasteiger partial charge in [-0.1, -0.05) is 59.9 Å². The van der Waals surface area contributed by atoms with Gasteiger partial charge in [0.2, 0.25) is 5.76 Å². The lowest BCUT2D eigenvalue weighted by Gasteiger charge is -2.26. The van der Waals surface area contributed by atoms with E-state index in [4.69, 9.17) is 9.05 Å². The monoisotopic (exact) mass is 736 g/mol. The number of rotatable bonds is 7. The molecular formula is C40H38F2N6O6. The number of phenolic OH excluding ortho intramolecular Hbond substituents is 2. The summed E-state index contributed by atoms with van der Waals surface area (Å²) in [4.78, 5) is 28.8. The van der Waals surface area contributed by atoms with E-state index >= 15 is 0 Å². The maximum absolute atomic E-state index is 13.2. The molecule has 6 aromatic rings. The van der Waals surface area contributed by atoms with Crippen molar-refractivity contribution in [1.82, 2.24) is 25.0 Å². The third-order valence-electron chi connectivity index (χ3n) is 9.89. The second-order valence-corrected chi connectivity index (χ2v) is 13.4. The summed E-state index contributed by atoms with van der Waals surface area (Å²) in [5.74, 6) is -1.51. The molecule has 1 unspecified atom stereocenters. The van der Waals surface area contributed by atoms with Crippen molar-refractivity contribution >= 4 is 17.6 Å². The van der Waals surface area contributed by atoms with Crippen molar-refractivity contribution in [3.8, 4) is 34.1 Å². The molecular weight excluding hydrogens is 698 g/mol. The second-order valence-electron chi connectivity index (χ2n) is 13.4. The van der Waals surface area contributed by atoms with Crippen molar-refractivity contribution in [2.45, 2.75) is 50.5 Å². The standard InChI is InChI=1S/C20H21FN4O3.C20H17FN2O3/c1-24(19-9-10-22-25(19)14-5-3-2-4-6-14)20(27)16-12-18(28-23-16)13-7-8-15(21)17(26)11-13;21-16-7-6-14(10-18(16)24)17-11-19(26-22-17)20(25)23-9-8-15(12-23)13-4-2-1-3-5-13/h7-12,14,26H,2-6H2,1H3;1-7,10-11,15,24H,8-9,12H2. The molecule has 12 nitrogen and oxygen atoms in total. The number of carbonyl (C=O) groups is 2. The molecule has 0 bridgehead atoms. The van der Waals surface area contributed by atoms with E-state index in [1.807, 2.05) is 28.9 Å². The lowest BCUT2D eigenvalue weighted by Crippen LogP contribution is -2.30. The van der Waals surface area contributed by atoms with Crippen LogP contribution in [0.15, 0.2) is 100 Å². The third-order valence-corrected chi connectivity index (χ3v) is 9.89. The molecule has 4 heterocycles. The highest BCUT2D eigenvalue weighted by molar-refractivity contribution is 6.04. The van der Waals surface area contributed by atoms with E-state index in [2.05, 4.69) is 27.5 Å². The number of nitrogens with zero attached hydrogens (tertiary/aromatic N) is 6. The van der Waals surface area contributed by atoms with E-state index in [0.717, 1.165) is 31.4 Å². The summed E-state index contributed by atoms with van der Waals surface area (Å²) in [5, 5.41) is 31.1. The summed E-state index contributed by atoms with van der Waals surface area (Å²) in [6, 6.07) is 22.9. The highest BCUT2D eigenvalue weighted by Gasteiger charge is 2.30. The molecule has 2 aliphatic rings. The zero-order chi connectivity index (χ0) is 37.8. The van der Waals surface area contributed by atoms with Crippen molar-refractivity contribution in [2.75, 3.05) is 25.0 Å². The van der Waals surface area contributed by atoms with Gasteiger partial charge in [-0.15, -0.1) is 0 Å². The summed E-state index contributed by atoms with van der Waals surface area (Å²) in [6.45, 7) is 1.29. The van der Waals surface area contributed by atoms with Crippen LogP contribution in [0.2, 0.25) is 0 Å². The molecule has 1 atom stereocenters. The van der Waals surface area contributed by atoms with Crippen LogP contribution in [0.1, 0.15) is 77.1 Å². The van der Waals surface area contributed by atoms with Crippen molar-refractivity contribution < 1.29 is 37.6 Å². The summed E-state index contributed by atoms with van der Waals surface area (Å²) >= 11 is 0. The fourth-order valence-electron chi connectivity index (χ4n) is 6.92. The molecule has 1 aliphatic carbocycles. The topological polar surface area (TPSA) is 151 Å². The van der Waals surface area contributed by atoms with Crippen molar-refractivity contribution in [1.29, 1.82) is 0 Å². The van der Waals surface area contributed by atoms with Crippen molar-refractivity contribution in [3.05, 3.63) is 120 Å². The van der Waals surface area contributed by atoms with Crippen LogP contribution in [0.4, 0.5) is 14.6 Å². The van der Waals surface area contributed by atoms with E-state index in [9.17, 15) is 28.6 Å². The Morgan fingerprint density at radius 3 is 2.24 bits per heavy atom. The Labute approximate surface area is 309 Å². The first kappa shape index (κ1) is 36.1. The number of benzene rings is 3. The second kappa shape index (κ2) is 15.7. The van der Waals surface area contributed by atoms with Gasteiger partial charge in [0.25, 0.3) is 11.8 Å². The number of amides is 2. The Morgan fingerprint density at radius 1 is 0.815 bits per heavy atom. The molecule has 2 fully saturated rings. The maximum Gasteiger partial charge on any atom is 0.292 e. The fraction of sp³-hybridized carbons (Fsp3) is 0.275. The predicted molar refractivity (Wildman–Crippen MR) is 194 cm³/mol. The van der Waals surface area contributed by atoms with E-state index in [1.54, 1.807) is 18.1 Å². The van der Waals surface area contributed by atoms with E-state index < -0.39 is 23.1 Å². The van der Waals surface area contributed by atoms with Crippen LogP contribution in [0.5, 0.6) is 11.5 Å². The smallest absolute Gasteiger partial charge is 0.292 e. The quantitative estimate of drug-likeness (QED) is 0.166. The molecule has 0 spiro atoms. The molecule has 2 N–H and O–H groups in total. The van der Waals surface area contributed by atoms with Crippen LogP contribution in [-0.4, -0.2) is 67.2 Å². The maximum atomic E-state index is 13.2. The Hall–Kier alpha value is -6.31. The largest absolute Gasteiger partial charge is 0.505 e. The minimum atomic E-state index is -0.727. The van der Waals surface area contributed by atoms with Gasteiger partial charge >= 0.3 is 0 Å². The Morgan fingerprint density at radius 2 is 1.52 bits per heavy atom. The van der Waals surface area contributed by atoms with Crippen molar-refractivity contribution in [2.24, 2.45) is 0 Å². The molecule has 1 saturated carbocycles. The highest BCUT2D eigenvalue weighted by Crippen LogP contribution is 2.33. The predicted octanol–water partition coefficient (Wildman–Crippen LogP) is 7.98. The summed E-state index contributed by atoms with van der Waals surface area (Å²) in [6.07, 6.45) is 8.28. The van der Waals surface area contributed by atoms with Gasteiger partial charge in [-0.05, 0) is 61.2 Å². The average Bonchev–Trinajstić information content (AvgIpc) is 4.04. The highest BCUT2D eigenvalue weighted by atomic mass is 19.1. The Balaban J connectivity index is 0.000000167. The van der Waals surface area contributed by atoms with Crippen LogP contribution in [0, 0.1) is 11.6 Å². The summed E-state index contributed by atoms with van der Waals surface area (Å²) in [5.41, 5.74) is 2.64. The fourth-order valence-corrected chi connectivity index (χ4v) is 6.92. The SMILES string of the molecule is CN(C(=O)c1cc(-c2ccc(F)c(O)c2)on1)c1ccnn1C1CCCCC1.O=C(c1cc(-c2ccc(F)c(O)c2)no1)N1CCC(c2ccccc2)C1. The van der Waals surface area contributed by atoms with Gasteiger partial charge in [0.15, 0.2) is 34.6 Å². The van der Waals surface area contributed by atoms with Crippen molar-refractivity contribution in [3.63, 3.8) is 0 Å². The van der Waals surface area contributed by atoms with Gasteiger partial charge in [-0.2, -0.15) is 5.10 Å². The molecule has 2 amide bonds. The molecule has 3 aromatic carbocycles. The molecule has 14 heteroatoms. The van der Waals surface area contributed by atoms with Crippen LogP contribution in [0.25, 0.3) is 22.6 Å². The van der Waals surface area contributed by atoms with E-state index in [0.29, 0.717) is 47.7 Å². The lowest BCUT2D eigenvalue weighted by molar-refractivity contribution is 0.0749. The van der Waals surface area contributed by atoms with E-state index in [-0.39, 0.29) is 29.0 Å². The zero-order valence-corrected chi connectivity index (χ0v) is 29.4. The summed E-state index contributed by atoms with van der Waals surface area (Å²) < 4.78 is 38.7. The number of aromatic nitrogens is 4. The first-order valence-corrected chi connectivity index (χ1v) is 17.7. The molecule has 1 saturated heterocycles. The number of anilines is 1. The number of aromatic hydroxyl groups is 2. The van der Waals surface area contributed by atoms with Gasteiger partial charge in [0.1, 0.15) is 11.5 Å². The Kier molecular flexibility index (Phi) is 10.5. The van der Waals surface area contributed by atoms with Crippen LogP contribution in [-0.2, 0) is 0 Å². The number of hydrogen-bond acceptors (Lipinski definition) is 9. The minimum Gasteiger partial charge on any atom is -0.505 e. The summed E-state index contributed by atoms with van der Waals surface area (Å²) in [7, 11) is 1.68. The number of hydrogen-bond donors (Lipinski definition) is 2. The van der Waals surface area contributed by atoms with Gasteiger partial charge in [-0.3, -0.25) is 14.5 Å². The third kappa shape index (κ3) is 7.72. The molecule has 0 radical (unpaired) electrons. The number of carbonyl (C=O) groups excluding carboxylic acids is 2. The average molecular weight is 737 g/mol. The molecule has 8 rings (SSSR count). The van der Waals surface area contributed by atoms with Crippen LogP contribution >= 0.6 is 0 Å². The van der Waals surface area contributed by atoms with Crippen LogP contribution in [0.3, 0.4) is 0 Å². The van der Waals surface area contributed by atoms with Gasteiger partial charge in [-0.25, -0.2) is 13.5 Å². The molecule has 3 aromatic heterocycles. The Bertz CT molecular complexity index is 2250. The first-order valence-electron chi connectivity index (χ1n) is 17.7. The first-order chi connectivity index (χ1) is 26.2. The van der Waals surface area contributed by atoms with Gasteiger partial charge in [0.05, 0.1) is 12.2 Å². The van der Waals surface area contributed by atoms with E-state index in [1.165, 1.54) is 66.1 Å². The molecule has 54 heavy (non-hydrogen) atoms. The molecule has 278 valence electrons. The lowest BCUT2D eigenvalue weighted by atomic mass is 9.96. The van der Waals surface area contributed by atoms with Crippen LogP contribution < -0.4 is 4.90 Å². The minimum absolute atomic E-state index is 0.123. The number of phenols is 2. The number of halogens is 2. The normalized spacial score (nSPS) is 15.8. The van der Waals surface area contributed by atoms with Gasteiger partial charge < -0.3 is 24.2 Å². The zero-order valence-electron chi connectivity index (χ0n) is 29.4.